The van der Waals surface area contributed by atoms with Crippen molar-refractivity contribution >= 4 is 28.7 Å². The summed E-state index contributed by atoms with van der Waals surface area (Å²) in [7, 11) is 0. The van der Waals surface area contributed by atoms with E-state index in [0.717, 1.165) is 6.07 Å². The number of nitrogens with zero attached hydrogens (tertiary/aromatic N) is 2. The molecule has 0 saturated heterocycles. The quantitative estimate of drug-likeness (QED) is 0.493. The molecular formula is C15H6ClF4N2O2-. The molecule has 0 N–H and O–H groups in total. The number of alkyl halides is 3. The Morgan fingerprint density at radius 3 is 2.50 bits per heavy atom. The van der Waals surface area contributed by atoms with Crippen LogP contribution in [0.1, 0.15) is 5.56 Å². The second kappa shape index (κ2) is 5.48. The summed E-state index contributed by atoms with van der Waals surface area (Å²) in [6, 6.07) is 5.69. The van der Waals surface area contributed by atoms with Gasteiger partial charge in [-0.2, -0.15) is 13.2 Å². The second-order valence-electron chi connectivity index (χ2n) is 4.87. The molecule has 2 heterocycles. The number of benzene rings is 1. The fourth-order valence-corrected chi connectivity index (χ4v) is 2.56. The summed E-state index contributed by atoms with van der Waals surface area (Å²) in [5.41, 5.74) is -2.43. The van der Waals surface area contributed by atoms with E-state index < -0.39 is 34.9 Å². The van der Waals surface area contributed by atoms with E-state index in [0.29, 0.717) is 22.8 Å². The van der Waals surface area contributed by atoms with Crippen LogP contribution in [-0.2, 0) is 6.18 Å². The Morgan fingerprint density at radius 2 is 1.88 bits per heavy atom. The molecule has 0 bridgehead atoms. The molecule has 9 heteroatoms. The van der Waals surface area contributed by atoms with Gasteiger partial charge in [0.15, 0.2) is 0 Å². The minimum atomic E-state index is -4.80. The third-order valence-corrected chi connectivity index (χ3v) is 3.57. The number of rotatable bonds is 1. The normalized spacial score (nSPS) is 11.9. The van der Waals surface area contributed by atoms with Gasteiger partial charge >= 0.3 is 6.18 Å². The van der Waals surface area contributed by atoms with E-state index in [-0.39, 0.29) is 16.2 Å². The van der Waals surface area contributed by atoms with Crippen molar-refractivity contribution in [2.24, 2.45) is 0 Å². The van der Waals surface area contributed by atoms with Crippen molar-refractivity contribution in [2.45, 2.75) is 6.18 Å². The first-order valence-electron chi connectivity index (χ1n) is 6.45. The lowest BCUT2D eigenvalue weighted by atomic mass is 10.0. The predicted octanol–water partition coefficient (Wildman–Crippen LogP) is 3.71. The van der Waals surface area contributed by atoms with E-state index in [1.54, 1.807) is 0 Å². The zero-order valence-corrected chi connectivity index (χ0v) is 12.3. The van der Waals surface area contributed by atoms with Gasteiger partial charge in [0.1, 0.15) is 22.7 Å². The van der Waals surface area contributed by atoms with Crippen LogP contribution in [0.5, 0.6) is 0 Å². The van der Waals surface area contributed by atoms with Crippen molar-refractivity contribution in [3.63, 3.8) is 0 Å². The first-order chi connectivity index (χ1) is 11.2. The molecule has 3 aromatic rings. The third-order valence-electron chi connectivity index (χ3n) is 3.36. The van der Waals surface area contributed by atoms with Crippen molar-refractivity contribution in [2.75, 3.05) is 0 Å². The van der Waals surface area contributed by atoms with Crippen LogP contribution in [0.2, 0.25) is 5.15 Å². The van der Waals surface area contributed by atoms with E-state index in [1.807, 2.05) is 0 Å². The van der Waals surface area contributed by atoms with Crippen molar-refractivity contribution in [1.29, 1.82) is 0 Å². The van der Waals surface area contributed by atoms with Gasteiger partial charge in [0, 0.05) is 10.9 Å². The van der Waals surface area contributed by atoms with E-state index >= 15 is 0 Å². The molecule has 0 fully saturated rings. The molecule has 0 atom stereocenters. The van der Waals surface area contributed by atoms with Crippen LogP contribution in [0.15, 0.2) is 36.4 Å². The maximum atomic E-state index is 13.5. The van der Waals surface area contributed by atoms with Crippen molar-refractivity contribution in [3.8, 4) is 11.3 Å². The number of hydrogen-bond donors (Lipinski definition) is 0. The molecule has 0 aliphatic rings. The van der Waals surface area contributed by atoms with Gasteiger partial charge in [-0.15, -0.1) is 0 Å². The van der Waals surface area contributed by atoms with Gasteiger partial charge < -0.3 is 9.90 Å². The molecule has 2 aromatic heterocycles. The number of pyridine rings is 1. The number of hydrogen-bond acceptors (Lipinski definition) is 3. The molecular weight excluding hydrogens is 352 g/mol. The van der Waals surface area contributed by atoms with Gasteiger partial charge in [0.2, 0.25) is 0 Å². The molecule has 124 valence electrons. The van der Waals surface area contributed by atoms with Gasteiger partial charge in [-0.05, 0) is 36.4 Å². The number of halogens is 5. The topological polar surface area (TPSA) is 57.9 Å². The van der Waals surface area contributed by atoms with Crippen LogP contribution in [-0.4, -0.2) is 15.6 Å². The van der Waals surface area contributed by atoms with Crippen LogP contribution in [0, 0.1) is 5.82 Å². The number of carbonyl (C=O) groups is 1. The molecule has 0 aliphatic carbocycles. The Bertz CT molecular complexity index is 966. The molecule has 24 heavy (non-hydrogen) atoms. The summed E-state index contributed by atoms with van der Waals surface area (Å²) < 4.78 is 53.5. The highest BCUT2D eigenvalue weighted by Crippen LogP contribution is 2.39. The van der Waals surface area contributed by atoms with E-state index in [4.69, 9.17) is 11.6 Å². The molecule has 0 spiro atoms. The highest BCUT2D eigenvalue weighted by molar-refractivity contribution is 6.29. The van der Waals surface area contributed by atoms with Gasteiger partial charge in [-0.25, -0.2) is 9.37 Å². The SMILES string of the molecule is O=C([O-])n1c(-c2cc(F)ccc2C(F)(F)F)cc2ccc(Cl)nc21. The van der Waals surface area contributed by atoms with E-state index in [9.17, 15) is 27.5 Å². The first kappa shape index (κ1) is 16.3. The van der Waals surface area contributed by atoms with Crippen molar-refractivity contribution in [1.82, 2.24) is 9.55 Å². The zero-order valence-electron chi connectivity index (χ0n) is 11.6. The van der Waals surface area contributed by atoms with Gasteiger partial charge in [-0.1, -0.05) is 11.6 Å². The molecule has 0 amide bonds. The standard InChI is InChI=1S/C15H7ClF4N2O2/c16-12-4-1-7-5-11(22(14(23)24)13(7)21-12)9-6-8(17)2-3-10(9)15(18,19)20/h1-6H,(H,23,24)/p-1. The average molecular weight is 358 g/mol. The van der Waals surface area contributed by atoms with Crippen LogP contribution < -0.4 is 5.11 Å². The zero-order chi connectivity index (χ0) is 17.6. The molecule has 4 nitrogen and oxygen atoms in total. The average Bonchev–Trinajstić information content (AvgIpc) is 2.84. The second-order valence-corrected chi connectivity index (χ2v) is 5.25. The highest BCUT2D eigenvalue weighted by atomic mass is 35.5. The number of fused-ring (bicyclic) bond motifs is 1. The van der Waals surface area contributed by atoms with Gasteiger partial charge in [0.25, 0.3) is 0 Å². The smallest absolute Gasteiger partial charge is 0.417 e. The Balaban J connectivity index is 2.41. The predicted molar refractivity (Wildman–Crippen MR) is 75.9 cm³/mol. The molecule has 1 aromatic carbocycles. The Labute approximate surface area is 136 Å². The van der Waals surface area contributed by atoms with Gasteiger partial charge in [-0.3, -0.25) is 4.57 Å². The number of carbonyl (C=O) groups excluding carboxylic acids is 1. The Hall–Kier alpha value is -2.61. The minimum Gasteiger partial charge on any atom is -0.529 e. The summed E-state index contributed by atoms with van der Waals surface area (Å²) >= 11 is 5.70. The fourth-order valence-electron chi connectivity index (χ4n) is 2.41. The maximum Gasteiger partial charge on any atom is 0.417 e. The lowest BCUT2D eigenvalue weighted by molar-refractivity contribution is -0.249. The fraction of sp³-hybridized carbons (Fsp3) is 0.0667. The molecule has 0 saturated carbocycles. The third kappa shape index (κ3) is 2.69. The lowest BCUT2D eigenvalue weighted by Crippen LogP contribution is -2.29. The highest BCUT2D eigenvalue weighted by Gasteiger charge is 2.35. The molecule has 0 unspecified atom stereocenters. The largest absolute Gasteiger partial charge is 0.529 e. The summed E-state index contributed by atoms with van der Waals surface area (Å²) in [4.78, 5) is 15.2. The molecule has 0 aliphatic heterocycles. The number of carboxylic acid groups (broad SMARTS) is 1. The van der Waals surface area contributed by atoms with Crippen molar-refractivity contribution < 1.29 is 27.5 Å². The molecule has 3 rings (SSSR count). The van der Waals surface area contributed by atoms with Crippen molar-refractivity contribution in [3.05, 3.63) is 52.9 Å². The summed E-state index contributed by atoms with van der Waals surface area (Å²) in [5, 5.41) is 11.6. The Kier molecular flexibility index (Phi) is 3.71. The van der Waals surface area contributed by atoms with Crippen LogP contribution in [0.25, 0.3) is 22.3 Å². The Morgan fingerprint density at radius 1 is 1.17 bits per heavy atom. The minimum absolute atomic E-state index is 0.0510. The molecule has 0 radical (unpaired) electrons. The monoisotopic (exact) mass is 357 g/mol. The van der Waals surface area contributed by atoms with Gasteiger partial charge in [0.05, 0.1) is 11.3 Å². The number of aromatic nitrogens is 2. The van der Waals surface area contributed by atoms with Crippen LogP contribution >= 0.6 is 11.6 Å². The summed E-state index contributed by atoms with van der Waals surface area (Å²) in [5.74, 6) is -0.945. The maximum absolute atomic E-state index is 13.5. The van der Waals surface area contributed by atoms with E-state index in [2.05, 4.69) is 4.98 Å². The van der Waals surface area contributed by atoms with Crippen LogP contribution in [0.3, 0.4) is 0 Å². The summed E-state index contributed by atoms with van der Waals surface area (Å²) in [6.07, 6.45) is -6.62. The summed E-state index contributed by atoms with van der Waals surface area (Å²) in [6.45, 7) is 0. The van der Waals surface area contributed by atoms with Crippen LogP contribution in [0.4, 0.5) is 22.4 Å². The van der Waals surface area contributed by atoms with E-state index in [1.165, 1.54) is 12.1 Å². The lowest BCUT2D eigenvalue weighted by Gasteiger charge is -2.16. The first-order valence-corrected chi connectivity index (χ1v) is 6.83.